The van der Waals surface area contributed by atoms with Gasteiger partial charge in [-0.15, -0.1) is 0 Å². The molecule has 37 heavy (non-hydrogen) atoms. The Balaban J connectivity index is 1.53. The van der Waals surface area contributed by atoms with E-state index in [1.54, 1.807) is 13.0 Å². The highest BCUT2D eigenvalue weighted by Gasteiger charge is 2.71. The third kappa shape index (κ3) is 4.86. The zero-order valence-electron chi connectivity index (χ0n) is 19.9. The number of halogens is 7. The summed E-state index contributed by atoms with van der Waals surface area (Å²) in [7, 11) is -3.22. The Labute approximate surface area is 209 Å². The molecule has 0 radical (unpaired) electrons. The fraction of sp³-hybridized carbons (Fsp3) is 0.500. The second-order valence-corrected chi connectivity index (χ2v) is 11.9. The van der Waals surface area contributed by atoms with E-state index in [1.807, 2.05) is 0 Å². The molecule has 4 rings (SSSR count). The van der Waals surface area contributed by atoms with Crippen LogP contribution in [-0.2, 0) is 28.6 Å². The standard InChI is InChI=1S/C24H25F7N2O3S/c1-3-16-8-15(10-32-11-21(12-32)13-33(14-21)37(2,35)36)9-19(25)20(16)17-4-6-18(7-5-17)22(34,23(26,27)28)24(29,30)31/h4-9,34H,3,10-14H2,1-2H3. The molecule has 0 unspecified atom stereocenters. The van der Waals surface area contributed by atoms with Gasteiger partial charge in [0.15, 0.2) is 0 Å². The van der Waals surface area contributed by atoms with Crippen LogP contribution in [0.25, 0.3) is 11.1 Å². The molecule has 2 aromatic carbocycles. The summed E-state index contributed by atoms with van der Waals surface area (Å²) in [5, 5.41) is 9.57. The van der Waals surface area contributed by atoms with E-state index in [2.05, 4.69) is 4.90 Å². The fourth-order valence-corrected chi connectivity index (χ4v) is 6.21. The van der Waals surface area contributed by atoms with Crippen LogP contribution in [0.5, 0.6) is 0 Å². The fourth-order valence-electron chi connectivity index (χ4n) is 5.19. The molecule has 1 spiro atoms. The van der Waals surface area contributed by atoms with Crippen LogP contribution >= 0.6 is 0 Å². The Bertz CT molecular complexity index is 1260. The quantitative estimate of drug-likeness (QED) is 0.537. The SMILES string of the molecule is CCc1cc(CN2CC3(C2)CN(S(C)(=O)=O)C3)cc(F)c1-c1ccc(C(O)(C(F)(F)F)C(F)(F)F)cc1. The molecule has 13 heteroatoms. The van der Waals surface area contributed by atoms with Crippen molar-refractivity contribution < 1.29 is 44.3 Å². The predicted molar refractivity (Wildman–Crippen MR) is 121 cm³/mol. The lowest BCUT2D eigenvalue weighted by Crippen LogP contribution is -2.72. The van der Waals surface area contributed by atoms with Crippen LogP contribution in [0.1, 0.15) is 23.6 Å². The largest absolute Gasteiger partial charge is 0.430 e. The monoisotopic (exact) mass is 554 g/mol. The number of alkyl halides is 6. The van der Waals surface area contributed by atoms with Gasteiger partial charge in [0.2, 0.25) is 10.0 Å². The summed E-state index contributed by atoms with van der Waals surface area (Å²) >= 11 is 0. The number of hydrogen-bond acceptors (Lipinski definition) is 4. The second-order valence-electron chi connectivity index (χ2n) is 9.92. The van der Waals surface area contributed by atoms with Gasteiger partial charge in [-0.05, 0) is 29.2 Å². The maximum Gasteiger partial charge on any atom is 0.430 e. The van der Waals surface area contributed by atoms with Crippen molar-refractivity contribution in [1.82, 2.24) is 9.21 Å². The zero-order chi connectivity index (χ0) is 27.6. The average Bonchev–Trinajstić information content (AvgIpc) is 2.71. The van der Waals surface area contributed by atoms with Crippen molar-refractivity contribution in [3.63, 3.8) is 0 Å². The highest BCUT2D eigenvalue weighted by molar-refractivity contribution is 7.88. The van der Waals surface area contributed by atoms with Crippen LogP contribution in [-0.4, -0.2) is 67.5 Å². The van der Waals surface area contributed by atoms with E-state index in [9.17, 15) is 39.9 Å². The van der Waals surface area contributed by atoms with Crippen molar-refractivity contribution in [2.75, 3.05) is 32.4 Å². The molecule has 0 atom stereocenters. The van der Waals surface area contributed by atoms with E-state index < -0.39 is 39.4 Å². The molecule has 0 aliphatic carbocycles. The molecule has 0 saturated carbocycles. The Morgan fingerprint density at radius 2 is 1.49 bits per heavy atom. The molecule has 2 saturated heterocycles. The zero-order valence-corrected chi connectivity index (χ0v) is 20.7. The van der Waals surface area contributed by atoms with E-state index >= 15 is 4.39 Å². The Kier molecular flexibility index (Phi) is 6.71. The van der Waals surface area contributed by atoms with Gasteiger partial charge in [-0.3, -0.25) is 4.90 Å². The van der Waals surface area contributed by atoms with Gasteiger partial charge in [0.1, 0.15) is 5.82 Å². The highest BCUT2D eigenvalue weighted by atomic mass is 32.2. The van der Waals surface area contributed by atoms with Crippen LogP contribution in [0.3, 0.4) is 0 Å². The van der Waals surface area contributed by atoms with Crippen molar-refractivity contribution >= 4 is 10.0 Å². The lowest BCUT2D eigenvalue weighted by molar-refractivity contribution is -0.376. The minimum absolute atomic E-state index is 0.0585. The van der Waals surface area contributed by atoms with Crippen molar-refractivity contribution in [3.8, 4) is 11.1 Å². The van der Waals surface area contributed by atoms with Gasteiger partial charge in [0, 0.05) is 49.3 Å². The topological polar surface area (TPSA) is 60.9 Å². The van der Waals surface area contributed by atoms with Gasteiger partial charge in [-0.25, -0.2) is 17.1 Å². The summed E-state index contributed by atoms with van der Waals surface area (Å²) in [5.41, 5.74) is -5.26. The average molecular weight is 555 g/mol. The first-order valence-corrected chi connectivity index (χ1v) is 13.2. The molecule has 2 aliphatic heterocycles. The number of benzene rings is 2. The molecule has 0 aromatic heterocycles. The lowest BCUT2D eigenvalue weighted by atomic mass is 9.74. The van der Waals surface area contributed by atoms with Gasteiger partial charge < -0.3 is 5.11 Å². The maximum atomic E-state index is 15.2. The molecule has 2 fully saturated rings. The number of nitrogens with zero attached hydrogens (tertiary/aromatic N) is 2. The van der Waals surface area contributed by atoms with Crippen LogP contribution in [0.15, 0.2) is 36.4 Å². The van der Waals surface area contributed by atoms with Gasteiger partial charge in [0.05, 0.1) is 6.26 Å². The van der Waals surface area contributed by atoms with E-state index in [1.165, 1.54) is 10.4 Å². The Morgan fingerprint density at radius 1 is 0.946 bits per heavy atom. The van der Waals surface area contributed by atoms with Gasteiger partial charge in [-0.1, -0.05) is 37.3 Å². The highest BCUT2D eigenvalue weighted by Crippen LogP contribution is 2.50. The lowest BCUT2D eigenvalue weighted by Gasteiger charge is -2.59. The number of aliphatic hydroxyl groups is 1. The molecule has 5 nitrogen and oxygen atoms in total. The van der Waals surface area contributed by atoms with Crippen LogP contribution in [0, 0.1) is 11.2 Å². The third-order valence-corrected chi connectivity index (χ3v) is 8.24. The normalized spacial score (nSPS) is 19.1. The summed E-state index contributed by atoms with van der Waals surface area (Å²) < 4.78 is 119. The van der Waals surface area contributed by atoms with Crippen LogP contribution in [0.4, 0.5) is 30.7 Å². The number of likely N-dealkylation sites (tertiary alicyclic amines) is 1. The second kappa shape index (κ2) is 8.92. The number of rotatable bonds is 6. The molecule has 2 heterocycles. The minimum atomic E-state index is -6.01. The summed E-state index contributed by atoms with van der Waals surface area (Å²) in [6.07, 6.45) is -10.5. The molecule has 204 valence electrons. The van der Waals surface area contributed by atoms with Crippen molar-refractivity contribution in [1.29, 1.82) is 0 Å². The van der Waals surface area contributed by atoms with Crippen molar-refractivity contribution in [2.45, 2.75) is 37.8 Å². The number of aryl methyl sites for hydroxylation is 1. The molecule has 1 N–H and O–H groups in total. The van der Waals surface area contributed by atoms with Gasteiger partial charge in [-0.2, -0.15) is 26.3 Å². The van der Waals surface area contributed by atoms with E-state index in [0.717, 1.165) is 18.4 Å². The molecule has 0 amide bonds. The van der Waals surface area contributed by atoms with Gasteiger partial charge in [0.25, 0.3) is 5.60 Å². The third-order valence-electron chi connectivity index (χ3n) is 7.04. The molecule has 2 aromatic rings. The molecule has 2 aliphatic rings. The maximum absolute atomic E-state index is 15.2. The van der Waals surface area contributed by atoms with Crippen LogP contribution < -0.4 is 0 Å². The van der Waals surface area contributed by atoms with Crippen molar-refractivity contribution in [2.24, 2.45) is 5.41 Å². The summed E-state index contributed by atoms with van der Waals surface area (Å²) in [4.78, 5) is 2.05. The van der Waals surface area contributed by atoms with E-state index in [0.29, 0.717) is 62.4 Å². The van der Waals surface area contributed by atoms with E-state index in [4.69, 9.17) is 0 Å². The number of hydrogen-bond donors (Lipinski definition) is 1. The Morgan fingerprint density at radius 3 is 1.95 bits per heavy atom. The van der Waals surface area contributed by atoms with Gasteiger partial charge >= 0.3 is 12.4 Å². The Hall–Kier alpha value is -2.22. The number of sulfonamides is 1. The molecular weight excluding hydrogens is 529 g/mol. The first kappa shape index (κ1) is 27.8. The first-order chi connectivity index (χ1) is 16.9. The summed E-state index contributed by atoms with van der Waals surface area (Å²) in [6.45, 7) is 4.37. The van der Waals surface area contributed by atoms with Crippen LogP contribution in [0.2, 0.25) is 0 Å². The summed E-state index contributed by atoms with van der Waals surface area (Å²) in [5.74, 6) is -0.675. The van der Waals surface area contributed by atoms with E-state index in [-0.39, 0.29) is 16.5 Å². The first-order valence-electron chi connectivity index (χ1n) is 11.4. The minimum Gasteiger partial charge on any atom is -0.369 e. The predicted octanol–water partition coefficient (Wildman–Crippen LogP) is 4.44. The molecule has 0 bridgehead atoms. The summed E-state index contributed by atoms with van der Waals surface area (Å²) in [6, 6.07) is 5.88. The van der Waals surface area contributed by atoms with Crippen molar-refractivity contribution in [3.05, 3.63) is 58.9 Å². The molecular formula is C24H25F7N2O3S. The smallest absolute Gasteiger partial charge is 0.369 e.